The molecule has 2 aromatic carbocycles. The quantitative estimate of drug-likeness (QED) is 0.0660. The van der Waals surface area contributed by atoms with Crippen LogP contribution in [0.15, 0.2) is 48.2 Å². The molecule has 0 amide bonds. The monoisotopic (exact) mass is 1230 g/mol. The zero-order valence-electron chi connectivity index (χ0n) is 45.2. The van der Waals surface area contributed by atoms with Gasteiger partial charge in [-0.3, -0.25) is 4.79 Å². The number of unbranched alkanes of at least 4 members (excludes halogenated alkanes) is 3. The van der Waals surface area contributed by atoms with Gasteiger partial charge in [-0.2, -0.15) is 0 Å². The average Bonchev–Trinajstić information content (AvgIpc) is 4.56. The highest BCUT2D eigenvalue weighted by molar-refractivity contribution is 7.32. The van der Waals surface area contributed by atoms with Crippen molar-refractivity contribution in [2.75, 3.05) is 90.7 Å². The minimum atomic E-state index is -1.33. The molecule has 13 heterocycles. The number of fused-ring (bicyclic) bond motifs is 8. The van der Waals surface area contributed by atoms with Crippen molar-refractivity contribution in [1.29, 1.82) is 0 Å². The Balaban J connectivity index is 0.834. The van der Waals surface area contributed by atoms with Crippen LogP contribution in [0.2, 0.25) is 0 Å². The van der Waals surface area contributed by atoms with E-state index in [0.717, 1.165) is 68.2 Å². The fourth-order valence-corrected chi connectivity index (χ4v) is 19.3. The SMILES string of the molecule is [C-]#[N+]/C(=C\c1sc(-c2sc(-c3sc(-c4sc(-c5sc(-c6sc(-c7ccc8c(c7)C(C)(C)c7ccccc7N8CCCCCC)c7c6OCCO7)c6c5OCCO6)c5c4OCCO5)c4c3OCCO4)c3c2OCCO3)c2c1OCCO2)C(=O)O. The normalized spacial score (nSPS) is 16.7. The molecule has 7 aliphatic heterocycles. The Kier molecular flexibility index (Phi) is 13.4. The van der Waals surface area contributed by atoms with Crippen LogP contribution in [-0.4, -0.2) is 96.9 Å². The zero-order valence-corrected chi connectivity index (χ0v) is 50.1. The summed E-state index contributed by atoms with van der Waals surface area (Å²) in [5, 5.41) is 9.76. The molecule has 0 bridgehead atoms. The van der Waals surface area contributed by atoms with E-state index >= 15 is 0 Å². The van der Waals surface area contributed by atoms with Gasteiger partial charge in [0.2, 0.25) is 0 Å². The molecule has 426 valence electrons. The maximum absolute atomic E-state index is 12.0. The maximum atomic E-state index is 12.0. The van der Waals surface area contributed by atoms with E-state index in [2.05, 4.69) is 73.0 Å². The molecule has 8 aromatic rings. The molecule has 0 fully saturated rings. The summed E-state index contributed by atoms with van der Waals surface area (Å²) in [6.07, 6.45) is 6.06. The minimum absolute atomic E-state index is 0.256. The largest absolute Gasteiger partial charge is 0.486 e. The number of nitrogens with zero attached hydrogens (tertiary/aromatic N) is 2. The molecule has 7 aliphatic rings. The Morgan fingerprint density at radius 2 is 0.855 bits per heavy atom. The molecule has 0 saturated heterocycles. The van der Waals surface area contributed by atoms with Gasteiger partial charge in [-0.05, 0) is 47.4 Å². The number of benzene rings is 2. The van der Waals surface area contributed by atoms with E-state index < -0.39 is 11.7 Å². The number of carboxylic acids is 1. The summed E-state index contributed by atoms with van der Waals surface area (Å²) in [5.41, 5.74) is 5.49. The second kappa shape index (κ2) is 21.1. The second-order valence-corrected chi connectivity index (χ2v) is 26.9. The molecular formula is C61H52N2O14S6. The smallest absolute Gasteiger partial charge is 0.333 e. The van der Waals surface area contributed by atoms with Crippen molar-refractivity contribution in [3.05, 3.63) is 75.6 Å². The summed E-state index contributed by atoms with van der Waals surface area (Å²) in [6.45, 7) is 19.5. The molecule has 0 saturated carbocycles. The average molecular weight is 1230 g/mol. The Morgan fingerprint density at radius 3 is 1.27 bits per heavy atom. The zero-order chi connectivity index (χ0) is 56.1. The molecular weight excluding hydrogens is 1180 g/mol. The topological polar surface area (TPSA) is 156 Å². The van der Waals surface area contributed by atoms with Gasteiger partial charge >= 0.3 is 5.97 Å². The van der Waals surface area contributed by atoms with Crippen LogP contribution in [0.25, 0.3) is 70.1 Å². The predicted molar refractivity (Wildman–Crippen MR) is 324 cm³/mol. The third-order valence-electron chi connectivity index (χ3n) is 15.4. The molecule has 1 N–H and O–H groups in total. The third kappa shape index (κ3) is 8.58. The number of hydrogen-bond acceptors (Lipinski definition) is 20. The number of carboxylic acid groups (broad SMARTS) is 1. The molecule has 83 heavy (non-hydrogen) atoms. The van der Waals surface area contributed by atoms with Gasteiger partial charge in [0, 0.05) is 23.3 Å². The lowest BCUT2D eigenvalue weighted by atomic mass is 9.73. The molecule has 0 unspecified atom stereocenters. The predicted octanol–water partition coefficient (Wildman–Crippen LogP) is 15.4. The first-order valence-corrected chi connectivity index (χ1v) is 32.5. The van der Waals surface area contributed by atoms with Crippen molar-refractivity contribution >= 4 is 91.4 Å². The summed E-state index contributed by atoms with van der Waals surface area (Å²) in [6, 6.07) is 15.8. The molecule has 0 radical (unpaired) electrons. The van der Waals surface area contributed by atoms with Crippen LogP contribution < -0.4 is 61.7 Å². The van der Waals surface area contributed by atoms with Crippen molar-refractivity contribution < 1.29 is 66.7 Å². The van der Waals surface area contributed by atoms with Crippen LogP contribution in [0.1, 0.15) is 62.5 Å². The van der Waals surface area contributed by atoms with Gasteiger partial charge < -0.3 is 66.8 Å². The second-order valence-electron chi connectivity index (χ2n) is 20.8. The number of hydrogen-bond donors (Lipinski definition) is 1. The fraction of sp³-hybridized carbons (Fsp3) is 0.344. The van der Waals surface area contributed by atoms with Crippen molar-refractivity contribution in [1.82, 2.24) is 0 Å². The van der Waals surface area contributed by atoms with Crippen LogP contribution in [0.5, 0.6) is 69.0 Å². The van der Waals surface area contributed by atoms with Gasteiger partial charge in [0.25, 0.3) is 5.70 Å². The molecule has 6 aromatic heterocycles. The molecule has 0 atom stereocenters. The molecule has 0 spiro atoms. The lowest BCUT2D eigenvalue weighted by molar-refractivity contribution is -0.132. The van der Waals surface area contributed by atoms with Crippen molar-refractivity contribution in [2.45, 2.75) is 51.9 Å². The third-order valence-corrected chi connectivity index (χ3v) is 23.1. The summed E-state index contributed by atoms with van der Waals surface area (Å²) in [7, 11) is 0. The van der Waals surface area contributed by atoms with Crippen molar-refractivity contribution in [3.63, 3.8) is 0 Å². The Bertz CT molecular complexity index is 4020. The van der Waals surface area contributed by atoms with E-state index in [-0.39, 0.29) is 18.6 Å². The fourth-order valence-electron chi connectivity index (χ4n) is 11.6. The number of rotatable bonds is 13. The Morgan fingerprint density at radius 1 is 0.494 bits per heavy atom. The van der Waals surface area contributed by atoms with E-state index in [1.165, 1.54) is 81.9 Å². The van der Waals surface area contributed by atoms with Gasteiger partial charge in [-0.25, -0.2) is 4.85 Å². The minimum Gasteiger partial charge on any atom is -0.486 e. The first-order valence-electron chi connectivity index (χ1n) is 27.6. The van der Waals surface area contributed by atoms with Gasteiger partial charge in [0.05, 0.1) is 65.1 Å². The standard InChI is InChI=1S/C61H52N2O14S6/c1-5-6-7-10-15-63-34-12-9-8-11-31(34)61(2,3)32-28-30(13-14-35(32)63)49-39-40(69-19-18-68-39)52(79-49)53-43-44(73-23-22-72-43)56(81-53)57-47-48(77-27-26-76-47)59(83-57)58-46-45(74-24-25-75-46)55(82-58)54-42-41(70-20-21-71-42)51(80-54)50-38-37(66-16-17-67-38)36(78-50)29-33(62-4)60(64)65/h8-9,11-14,28-29H,5-7,10,15-27H2,1-3H3,(H,64,65)/b33-29-. The number of para-hydroxylation sites is 1. The van der Waals surface area contributed by atoms with Crippen LogP contribution >= 0.6 is 68.0 Å². The molecule has 22 heteroatoms. The molecule has 15 rings (SSSR count). The maximum Gasteiger partial charge on any atom is 0.333 e. The summed E-state index contributed by atoms with van der Waals surface area (Å²) < 4.78 is 78.0. The van der Waals surface area contributed by atoms with Crippen LogP contribution in [0.4, 0.5) is 11.4 Å². The lowest BCUT2D eigenvalue weighted by Crippen LogP contribution is -2.33. The molecule has 16 nitrogen and oxygen atoms in total. The Labute approximate surface area is 501 Å². The highest BCUT2D eigenvalue weighted by Gasteiger charge is 2.42. The van der Waals surface area contributed by atoms with Crippen LogP contribution in [-0.2, 0) is 10.2 Å². The number of carbonyl (C=O) groups is 1. The summed E-state index contributed by atoms with van der Waals surface area (Å²) in [4.78, 5) is 27.2. The number of aliphatic carboxylic acids is 1. The van der Waals surface area contributed by atoms with Gasteiger partial charge in [-0.1, -0.05) is 64.3 Å². The van der Waals surface area contributed by atoms with Crippen molar-refractivity contribution in [3.8, 4) is 128 Å². The number of ether oxygens (including phenoxy) is 12. The van der Waals surface area contributed by atoms with Crippen LogP contribution in [0, 0.1) is 6.57 Å². The van der Waals surface area contributed by atoms with E-state index in [9.17, 15) is 9.90 Å². The Hall–Kier alpha value is -7.26. The van der Waals surface area contributed by atoms with E-state index in [1.54, 1.807) is 34.0 Å². The first kappa shape index (κ1) is 52.5. The first-order chi connectivity index (χ1) is 40.7. The lowest BCUT2D eigenvalue weighted by Gasteiger charge is -2.42. The van der Waals surface area contributed by atoms with E-state index in [1.807, 2.05) is 0 Å². The molecule has 0 aliphatic carbocycles. The van der Waals surface area contributed by atoms with Gasteiger partial charge in [0.1, 0.15) is 79.3 Å². The summed E-state index contributed by atoms with van der Waals surface area (Å²) >= 11 is 8.99. The summed E-state index contributed by atoms with van der Waals surface area (Å²) in [5.74, 6) is 5.64. The highest BCUT2D eigenvalue weighted by atomic mass is 32.1. The highest BCUT2D eigenvalue weighted by Crippen LogP contribution is 2.69. The van der Waals surface area contributed by atoms with Gasteiger partial charge in [0.15, 0.2) is 69.0 Å². The van der Waals surface area contributed by atoms with Crippen molar-refractivity contribution in [2.24, 2.45) is 0 Å². The van der Waals surface area contributed by atoms with Crippen LogP contribution in [0.3, 0.4) is 0 Å². The van der Waals surface area contributed by atoms with Gasteiger partial charge in [-0.15, -0.1) is 68.0 Å². The number of anilines is 2. The number of thiophene rings is 6. The van der Waals surface area contributed by atoms with E-state index in [4.69, 9.17) is 63.4 Å². The van der Waals surface area contributed by atoms with E-state index in [0.29, 0.717) is 144 Å².